The van der Waals surface area contributed by atoms with Gasteiger partial charge in [-0.25, -0.2) is 0 Å². The summed E-state index contributed by atoms with van der Waals surface area (Å²) >= 11 is 3.45. The van der Waals surface area contributed by atoms with Crippen LogP contribution in [0.4, 0.5) is 5.69 Å². The molecule has 0 aliphatic carbocycles. The van der Waals surface area contributed by atoms with Crippen LogP contribution >= 0.6 is 15.9 Å². The summed E-state index contributed by atoms with van der Waals surface area (Å²) in [5.74, 6) is 0.873. The van der Waals surface area contributed by atoms with Gasteiger partial charge in [0.1, 0.15) is 5.58 Å². The van der Waals surface area contributed by atoms with Crippen LogP contribution in [0.5, 0.6) is 11.5 Å². The van der Waals surface area contributed by atoms with Crippen LogP contribution in [-0.2, 0) is 0 Å². The number of nitrogens with zero attached hydrogens (tertiary/aromatic N) is 1. The van der Waals surface area contributed by atoms with E-state index < -0.39 is 6.04 Å². The Labute approximate surface area is 217 Å². The Balaban J connectivity index is 1.66. The lowest BCUT2D eigenvalue weighted by molar-refractivity contribution is 0.0971. The molecule has 0 saturated carbocycles. The smallest absolute Gasteiger partial charge is 0.295 e. The van der Waals surface area contributed by atoms with Crippen molar-refractivity contribution in [3.05, 3.63) is 98.3 Å². The summed E-state index contributed by atoms with van der Waals surface area (Å²) < 4.78 is 18.5. The van der Waals surface area contributed by atoms with Crippen molar-refractivity contribution in [2.75, 3.05) is 18.6 Å². The first kappa shape index (κ1) is 24.1. The summed E-state index contributed by atoms with van der Waals surface area (Å²) in [4.78, 5) is 29.0. The molecular weight excluding hydrogens is 522 g/mol. The summed E-state index contributed by atoms with van der Waals surface area (Å²) in [6.45, 7) is 2.74. The van der Waals surface area contributed by atoms with E-state index in [4.69, 9.17) is 13.9 Å². The van der Waals surface area contributed by atoms with Gasteiger partial charge >= 0.3 is 0 Å². The van der Waals surface area contributed by atoms with Crippen molar-refractivity contribution in [2.45, 2.75) is 32.2 Å². The Bertz CT molecular complexity index is 1480. The van der Waals surface area contributed by atoms with Crippen molar-refractivity contribution in [3.8, 4) is 11.5 Å². The summed E-state index contributed by atoms with van der Waals surface area (Å²) in [6, 6.07) is 19.3. The molecule has 7 heteroatoms. The van der Waals surface area contributed by atoms with E-state index in [0.29, 0.717) is 40.3 Å². The summed E-state index contributed by atoms with van der Waals surface area (Å²) in [5, 5.41) is 0.439. The SMILES string of the molecule is CCCCCOc1ccc(C2c3c(oc4ccccc4c3=O)C(=O)N2c2ccc(Br)cc2)cc1OC. The number of methoxy groups -OCH3 is 1. The van der Waals surface area contributed by atoms with Crippen molar-refractivity contribution >= 4 is 38.5 Å². The predicted octanol–water partition coefficient (Wildman–Crippen LogP) is 6.88. The molecule has 2 heterocycles. The monoisotopic (exact) mass is 547 g/mol. The van der Waals surface area contributed by atoms with E-state index in [0.717, 1.165) is 29.3 Å². The number of halogens is 1. The van der Waals surface area contributed by atoms with Gasteiger partial charge < -0.3 is 13.9 Å². The molecular formula is C29H26BrNO5. The maximum Gasteiger partial charge on any atom is 0.295 e. The third-order valence-electron chi connectivity index (χ3n) is 6.39. The third-order valence-corrected chi connectivity index (χ3v) is 6.92. The van der Waals surface area contributed by atoms with Gasteiger partial charge in [0.15, 0.2) is 16.9 Å². The van der Waals surface area contributed by atoms with Crippen LogP contribution in [0.2, 0.25) is 0 Å². The molecule has 0 N–H and O–H groups in total. The first-order chi connectivity index (χ1) is 17.5. The molecule has 5 rings (SSSR count). The zero-order chi connectivity index (χ0) is 25.2. The molecule has 0 fully saturated rings. The van der Waals surface area contributed by atoms with Gasteiger partial charge in [0.25, 0.3) is 5.91 Å². The number of amides is 1. The van der Waals surface area contributed by atoms with Gasteiger partial charge in [0, 0.05) is 10.2 Å². The number of unbranched alkanes of at least 4 members (excludes halogenated alkanes) is 2. The summed E-state index contributed by atoms with van der Waals surface area (Å²) in [5.41, 5.74) is 1.87. The van der Waals surface area contributed by atoms with E-state index in [2.05, 4.69) is 22.9 Å². The molecule has 3 aromatic carbocycles. The standard InChI is InChI=1S/C29H26BrNO5/c1-3-4-7-16-35-23-15-10-18(17-24(23)34-2)26-25-27(32)21-8-5-6-9-22(21)36-28(25)29(33)31(26)20-13-11-19(30)12-14-20/h5-6,8-15,17,26H,3-4,7,16H2,1-2H3. The number of carbonyl (C=O) groups excluding carboxylic acids is 1. The molecule has 1 aliphatic heterocycles. The van der Waals surface area contributed by atoms with E-state index in [-0.39, 0.29) is 17.1 Å². The number of carbonyl (C=O) groups is 1. The Morgan fingerprint density at radius 1 is 0.972 bits per heavy atom. The minimum absolute atomic E-state index is 0.0606. The van der Waals surface area contributed by atoms with Crippen LogP contribution in [0.1, 0.15) is 53.9 Å². The Morgan fingerprint density at radius 3 is 2.50 bits per heavy atom. The zero-order valence-electron chi connectivity index (χ0n) is 20.1. The highest BCUT2D eigenvalue weighted by molar-refractivity contribution is 9.10. The molecule has 36 heavy (non-hydrogen) atoms. The molecule has 1 aromatic heterocycles. The van der Waals surface area contributed by atoms with Crippen molar-refractivity contribution < 1.29 is 18.7 Å². The number of benzene rings is 3. The van der Waals surface area contributed by atoms with Crippen LogP contribution in [0.3, 0.4) is 0 Å². The number of hydrogen-bond acceptors (Lipinski definition) is 5. The first-order valence-electron chi connectivity index (χ1n) is 12.0. The van der Waals surface area contributed by atoms with Crippen LogP contribution < -0.4 is 19.8 Å². The normalized spacial score (nSPS) is 14.8. The molecule has 1 aliphatic rings. The van der Waals surface area contributed by atoms with Gasteiger partial charge in [-0.05, 0) is 60.5 Å². The molecule has 0 spiro atoms. The van der Waals surface area contributed by atoms with Crippen LogP contribution in [0.15, 0.2) is 80.4 Å². The van der Waals surface area contributed by atoms with Gasteiger partial charge in [-0.2, -0.15) is 0 Å². The number of anilines is 1. The lowest BCUT2D eigenvalue weighted by atomic mass is 9.97. The second kappa shape index (κ2) is 10.2. The first-order valence-corrected chi connectivity index (χ1v) is 12.8. The number of hydrogen-bond donors (Lipinski definition) is 0. The van der Waals surface area contributed by atoms with Crippen molar-refractivity contribution in [1.29, 1.82) is 0 Å². The van der Waals surface area contributed by atoms with E-state index in [1.54, 1.807) is 36.3 Å². The summed E-state index contributed by atoms with van der Waals surface area (Å²) in [7, 11) is 1.58. The van der Waals surface area contributed by atoms with Crippen molar-refractivity contribution in [1.82, 2.24) is 0 Å². The average molecular weight is 548 g/mol. The van der Waals surface area contributed by atoms with Crippen LogP contribution in [0.25, 0.3) is 11.0 Å². The quantitative estimate of drug-likeness (QED) is 0.225. The highest BCUT2D eigenvalue weighted by Gasteiger charge is 2.43. The topological polar surface area (TPSA) is 69.0 Å². The highest BCUT2D eigenvalue weighted by Crippen LogP contribution is 2.43. The molecule has 1 atom stereocenters. The number of para-hydroxylation sites is 1. The van der Waals surface area contributed by atoms with Gasteiger partial charge in [-0.15, -0.1) is 0 Å². The second-order valence-corrected chi connectivity index (χ2v) is 9.61. The molecule has 1 amide bonds. The van der Waals surface area contributed by atoms with E-state index in [9.17, 15) is 9.59 Å². The minimum atomic E-state index is -0.683. The maximum atomic E-state index is 13.7. The fourth-order valence-corrected chi connectivity index (χ4v) is 4.88. The van der Waals surface area contributed by atoms with E-state index >= 15 is 0 Å². The van der Waals surface area contributed by atoms with Gasteiger partial charge in [0.05, 0.1) is 30.7 Å². The van der Waals surface area contributed by atoms with E-state index in [1.165, 1.54) is 0 Å². The molecule has 1 unspecified atom stereocenters. The fraction of sp³-hybridized carbons (Fsp3) is 0.241. The van der Waals surface area contributed by atoms with Gasteiger partial charge in [0.2, 0.25) is 5.76 Å². The number of fused-ring (bicyclic) bond motifs is 2. The van der Waals surface area contributed by atoms with Crippen LogP contribution in [0, 0.1) is 0 Å². The maximum absolute atomic E-state index is 13.7. The molecule has 4 aromatic rings. The Morgan fingerprint density at radius 2 is 1.75 bits per heavy atom. The van der Waals surface area contributed by atoms with Gasteiger partial charge in [-0.1, -0.05) is 53.9 Å². The molecule has 184 valence electrons. The van der Waals surface area contributed by atoms with Crippen LogP contribution in [-0.4, -0.2) is 19.6 Å². The average Bonchev–Trinajstić information content (AvgIpc) is 3.19. The van der Waals surface area contributed by atoms with Crippen molar-refractivity contribution in [2.24, 2.45) is 0 Å². The molecule has 0 bridgehead atoms. The second-order valence-electron chi connectivity index (χ2n) is 8.69. The highest BCUT2D eigenvalue weighted by atomic mass is 79.9. The fourth-order valence-electron chi connectivity index (χ4n) is 4.61. The third kappa shape index (κ3) is 4.28. The summed E-state index contributed by atoms with van der Waals surface area (Å²) in [6.07, 6.45) is 3.16. The van der Waals surface area contributed by atoms with Gasteiger partial charge in [-0.3, -0.25) is 14.5 Å². The lowest BCUT2D eigenvalue weighted by Gasteiger charge is -2.26. The Hall–Kier alpha value is -3.58. The lowest BCUT2D eigenvalue weighted by Crippen LogP contribution is -2.29. The number of rotatable bonds is 8. The largest absolute Gasteiger partial charge is 0.493 e. The van der Waals surface area contributed by atoms with E-state index in [1.807, 2.05) is 42.5 Å². The zero-order valence-corrected chi connectivity index (χ0v) is 21.7. The number of ether oxygens (including phenoxy) is 2. The minimum Gasteiger partial charge on any atom is -0.493 e. The van der Waals surface area contributed by atoms with Crippen molar-refractivity contribution in [3.63, 3.8) is 0 Å². The molecule has 0 radical (unpaired) electrons. The predicted molar refractivity (Wildman–Crippen MR) is 143 cm³/mol. The molecule has 6 nitrogen and oxygen atoms in total. The molecule has 0 saturated heterocycles. The Kier molecular flexibility index (Phi) is 6.83.